The van der Waals surface area contributed by atoms with E-state index in [1.165, 1.54) is 11.3 Å². The van der Waals surface area contributed by atoms with Crippen molar-refractivity contribution in [3.8, 4) is 5.69 Å². The fourth-order valence-corrected chi connectivity index (χ4v) is 2.52. The molecule has 1 aromatic heterocycles. The zero-order valence-corrected chi connectivity index (χ0v) is 11.2. The molecule has 1 atom stereocenters. The van der Waals surface area contributed by atoms with Gasteiger partial charge in [0.1, 0.15) is 0 Å². The molecule has 0 saturated heterocycles. The maximum atomic E-state index is 4.47. The van der Waals surface area contributed by atoms with Gasteiger partial charge >= 0.3 is 0 Å². The fourth-order valence-electron chi connectivity index (χ4n) is 2.52. The minimum atomic E-state index is 0.398. The Hall–Kier alpha value is -2.16. The van der Waals surface area contributed by atoms with Crippen LogP contribution in [0.1, 0.15) is 31.7 Å². The first kappa shape index (κ1) is 11.9. The molecular weight excluding hydrogens is 234 g/mol. The smallest absolute Gasteiger partial charge is 0.0645 e. The summed E-state index contributed by atoms with van der Waals surface area (Å²) in [7, 11) is 0. The summed E-state index contributed by atoms with van der Waals surface area (Å²) in [6, 6.07) is 10.2. The van der Waals surface area contributed by atoms with E-state index in [9.17, 15) is 0 Å². The molecule has 0 saturated carbocycles. The number of benzene rings is 1. The van der Waals surface area contributed by atoms with Gasteiger partial charge < -0.3 is 0 Å². The quantitative estimate of drug-likeness (QED) is 0.800. The molecule has 0 spiro atoms. The van der Waals surface area contributed by atoms with Gasteiger partial charge in [0.05, 0.1) is 11.9 Å². The minimum absolute atomic E-state index is 0.398. The van der Waals surface area contributed by atoms with Crippen LogP contribution in [0.25, 0.3) is 5.69 Å². The first-order valence-corrected chi connectivity index (χ1v) is 6.55. The van der Waals surface area contributed by atoms with Gasteiger partial charge in [0.15, 0.2) is 0 Å². The molecular formula is C16H17N3. The van der Waals surface area contributed by atoms with Crippen molar-refractivity contribution >= 4 is 5.71 Å². The van der Waals surface area contributed by atoms with Gasteiger partial charge in [0, 0.05) is 23.5 Å². The first-order chi connectivity index (χ1) is 9.22. The molecule has 0 N–H and O–H groups in total. The third-order valence-corrected chi connectivity index (χ3v) is 3.38. The second kappa shape index (κ2) is 4.84. The molecule has 0 bridgehead atoms. The molecule has 1 aliphatic rings. The van der Waals surface area contributed by atoms with E-state index in [0.29, 0.717) is 5.92 Å². The molecule has 2 aromatic rings. The van der Waals surface area contributed by atoms with Crippen LogP contribution in [-0.2, 0) is 0 Å². The molecule has 1 unspecified atom stereocenters. The van der Waals surface area contributed by atoms with E-state index in [2.05, 4.69) is 48.3 Å². The second-order valence-electron chi connectivity index (χ2n) is 5.02. The number of para-hydroxylation sites is 1. The minimum Gasteiger partial charge on any atom is -0.263 e. The Morgan fingerprint density at radius 2 is 1.95 bits per heavy atom. The molecule has 0 radical (unpaired) electrons. The lowest BCUT2D eigenvalue weighted by molar-refractivity contribution is 0.849. The first-order valence-electron chi connectivity index (χ1n) is 6.55. The Morgan fingerprint density at radius 1 is 1.16 bits per heavy atom. The summed E-state index contributed by atoms with van der Waals surface area (Å²) in [4.78, 5) is 4.47. The van der Waals surface area contributed by atoms with Crippen molar-refractivity contribution in [2.75, 3.05) is 0 Å². The van der Waals surface area contributed by atoms with Crippen LogP contribution < -0.4 is 0 Å². The summed E-state index contributed by atoms with van der Waals surface area (Å²) in [6.45, 7) is 4.14. The monoisotopic (exact) mass is 251 g/mol. The fraction of sp³-hybridized carbons (Fsp3) is 0.250. The van der Waals surface area contributed by atoms with Crippen LogP contribution in [0.4, 0.5) is 0 Å². The third-order valence-electron chi connectivity index (χ3n) is 3.38. The predicted molar refractivity (Wildman–Crippen MR) is 77.8 cm³/mol. The molecule has 19 heavy (non-hydrogen) atoms. The van der Waals surface area contributed by atoms with Gasteiger partial charge in [-0.25, -0.2) is 4.68 Å². The number of allylic oxidation sites excluding steroid dienone is 2. The van der Waals surface area contributed by atoms with Gasteiger partial charge in [-0.1, -0.05) is 24.3 Å². The highest BCUT2D eigenvalue weighted by atomic mass is 15.3. The SMILES string of the molecule is CC1=CC(c2cnn(-c3ccccc3)c2)CC(C)=N1. The van der Waals surface area contributed by atoms with Crippen molar-refractivity contribution in [1.82, 2.24) is 9.78 Å². The molecule has 0 aliphatic carbocycles. The topological polar surface area (TPSA) is 30.2 Å². The lowest BCUT2D eigenvalue weighted by Crippen LogP contribution is -2.06. The molecule has 0 fully saturated rings. The number of nitrogens with zero attached hydrogens (tertiary/aromatic N) is 3. The maximum absolute atomic E-state index is 4.47. The van der Waals surface area contributed by atoms with Crippen molar-refractivity contribution in [2.45, 2.75) is 26.2 Å². The van der Waals surface area contributed by atoms with Crippen molar-refractivity contribution in [3.63, 3.8) is 0 Å². The molecule has 1 aromatic carbocycles. The molecule has 1 aliphatic heterocycles. The van der Waals surface area contributed by atoms with Crippen molar-refractivity contribution < 1.29 is 0 Å². The molecule has 2 heterocycles. The molecule has 0 amide bonds. The van der Waals surface area contributed by atoms with Crippen LogP contribution in [0.2, 0.25) is 0 Å². The second-order valence-corrected chi connectivity index (χ2v) is 5.02. The summed E-state index contributed by atoms with van der Waals surface area (Å²) in [5.74, 6) is 0.398. The summed E-state index contributed by atoms with van der Waals surface area (Å²) in [5.41, 5.74) is 4.63. The molecule has 3 heteroatoms. The van der Waals surface area contributed by atoms with Crippen LogP contribution in [-0.4, -0.2) is 15.5 Å². The summed E-state index contributed by atoms with van der Waals surface area (Å²) in [6.07, 6.45) is 7.28. The van der Waals surface area contributed by atoms with Gasteiger partial charge in [0.25, 0.3) is 0 Å². The van der Waals surface area contributed by atoms with E-state index in [1.807, 2.05) is 29.1 Å². The van der Waals surface area contributed by atoms with Crippen molar-refractivity contribution in [2.24, 2.45) is 4.99 Å². The summed E-state index contributed by atoms with van der Waals surface area (Å²) < 4.78 is 1.93. The van der Waals surface area contributed by atoms with Gasteiger partial charge in [-0.2, -0.15) is 5.10 Å². The van der Waals surface area contributed by atoms with E-state index >= 15 is 0 Å². The lowest BCUT2D eigenvalue weighted by Gasteiger charge is -2.16. The van der Waals surface area contributed by atoms with Gasteiger partial charge in [-0.05, 0) is 38.0 Å². The molecule has 3 rings (SSSR count). The van der Waals surface area contributed by atoms with E-state index in [4.69, 9.17) is 0 Å². The Labute approximate surface area is 113 Å². The summed E-state index contributed by atoms with van der Waals surface area (Å²) >= 11 is 0. The standard InChI is InChI=1S/C16H17N3/c1-12-8-14(9-13(2)18-12)15-10-17-19(11-15)16-6-4-3-5-7-16/h3-8,10-11,14H,9H2,1-2H3. The highest BCUT2D eigenvalue weighted by molar-refractivity contribution is 5.84. The van der Waals surface area contributed by atoms with Crippen LogP contribution in [0, 0.1) is 0 Å². The highest BCUT2D eigenvalue weighted by Gasteiger charge is 2.16. The Morgan fingerprint density at radius 3 is 2.68 bits per heavy atom. The van der Waals surface area contributed by atoms with Crippen molar-refractivity contribution in [3.05, 3.63) is 60.1 Å². The predicted octanol–water partition coefficient (Wildman–Crippen LogP) is 3.72. The number of aliphatic imine (C=N–C) groups is 1. The zero-order chi connectivity index (χ0) is 13.2. The van der Waals surface area contributed by atoms with Crippen LogP contribution in [0.15, 0.2) is 59.5 Å². The Bertz CT molecular complexity index is 635. The third kappa shape index (κ3) is 2.50. The Kier molecular flexibility index (Phi) is 3.03. The number of hydrogen-bond donors (Lipinski definition) is 0. The van der Waals surface area contributed by atoms with Crippen LogP contribution in [0.5, 0.6) is 0 Å². The largest absolute Gasteiger partial charge is 0.263 e. The van der Waals surface area contributed by atoms with Crippen LogP contribution in [0.3, 0.4) is 0 Å². The normalized spacial score (nSPS) is 18.9. The average Bonchev–Trinajstić information content (AvgIpc) is 2.88. The summed E-state index contributed by atoms with van der Waals surface area (Å²) in [5, 5.41) is 4.46. The molecule has 3 nitrogen and oxygen atoms in total. The highest BCUT2D eigenvalue weighted by Crippen LogP contribution is 2.27. The average molecular weight is 251 g/mol. The maximum Gasteiger partial charge on any atom is 0.0645 e. The van der Waals surface area contributed by atoms with Gasteiger partial charge in [-0.3, -0.25) is 4.99 Å². The van der Waals surface area contributed by atoms with Gasteiger partial charge in [0.2, 0.25) is 0 Å². The number of hydrogen-bond acceptors (Lipinski definition) is 2. The van der Waals surface area contributed by atoms with E-state index in [1.54, 1.807) is 0 Å². The van der Waals surface area contributed by atoms with Crippen LogP contribution >= 0.6 is 0 Å². The van der Waals surface area contributed by atoms with E-state index in [-0.39, 0.29) is 0 Å². The number of aromatic nitrogens is 2. The van der Waals surface area contributed by atoms with E-state index < -0.39 is 0 Å². The van der Waals surface area contributed by atoms with E-state index in [0.717, 1.165) is 17.8 Å². The van der Waals surface area contributed by atoms with Crippen molar-refractivity contribution in [1.29, 1.82) is 0 Å². The number of rotatable bonds is 2. The Balaban J connectivity index is 1.89. The molecule has 96 valence electrons. The lowest BCUT2D eigenvalue weighted by atomic mass is 9.93. The zero-order valence-electron chi connectivity index (χ0n) is 11.2. The van der Waals surface area contributed by atoms with Gasteiger partial charge in [-0.15, -0.1) is 0 Å².